The Hall–Kier alpha value is -1.91. The number of hydrogen-bond donors (Lipinski definition) is 1. The van der Waals surface area contributed by atoms with Gasteiger partial charge < -0.3 is 18.9 Å². The highest BCUT2D eigenvalue weighted by atomic mass is 16.5. The van der Waals surface area contributed by atoms with Gasteiger partial charge in [-0.2, -0.15) is 0 Å². The molecule has 1 aromatic carbocycles. The van der Waals surface area contributed by atoms with Crippen LogP contribution in [0.25, 0.3) is 0 Å². The van der Waals surface area contributed by atoms with E-state index in [1.807, 2.05) is 0 Å². The summed E-state index contributed by atoms with van der Waals surface area (Å²) in [6.07, 6.45) is 0. The second-order valence-corrected chi connectivity index (χ2v) is 2.92. The minimum Gasteiger partial charge on any atom is -0.493 e. The van der Waals surface area contributed by atoms with E-state index in [4.69, 9.17) is 24.4 Å². The highest BCUT2D eigenvalue weighted by molar-refractivity contribution is 5.96. The SMILES string of the molecule is COC(=N)c1ccc(OC)c(OC)c1OC. The van der Waals surface area contributed by atoms with Crippen LogP contribution in [-0.2, 0) is 4.74 Å². The van der Waals surface area contributed by atoms with E-state index >= 15 is 0 Å². The van der Waals surface area contributed by atoms with Crippen molar-refractivity contribution >= 4 is 5.90 Å². The largest absolute Gasteiger partial charge is 0.493 e. The smallest absolute Gasteiger partial charge is 0.216 e. The Morgan fingerprint density at radius 2 is 1.56 bits per heavy atom. The van der Waals surface area contributed by atoms with Crippen LogP contribution in [0.15, 0.2) is 12.1 Å². The average molecular weight is 225 g/mol. The molecule has 0 atom stereocenters. The van der Waals surface area contributed by atoms with E-state index in [0.717, 1.165) is 0 Å². The summed E-state index contributed by atoms with van der Waals surface area (Å²) in [5.41, 5.74) is 0.516. The summed E-state index contributed by atoms with van der Waals surface area (Å²) < 4.78 is 20.4. The van der Waals surface area contributed by atoms with E-state index in [2.05, 4.69) is 0 Å². The fourth-order valence-corrected chi connectivity index (χ4v) is 1.39. The Balaban J connectivity index is 3.37. The second kappa shape index (κ2) is 5.25. The van der Waals surface area contributed by atoms with Crippen molar-refractivity contribution in [1.29, 1.82) is 5.41 Å². The van der Waals surface area contributed by atoms with Crippen LogP contribution in [0.2, 0.25) is 0 Å². The van der Waals surface area contributed by atoms with E-state index < -0.39 is 0 Å². The molecular weight excluding hydrogens is 210 g/mol. The van der Waals surface area contributed by atoms with E-state index in [1.165, 1.54) is 21.3 Å². The van der Waals surface area contributed by atoms with Crippen LogP contribution < -0.4 is 14.2 Å². The molecule has 0 saturated heterocycles. The van der Waals surface area contributed by atoms with Gasteiger partial charge >= 0.3 is 0 Å². The summed E-state index contributed by atoms with van der Waals surface area (Å²) in [6, 6.07) is 3.39. The molecule has 1 N–H and O–H groups in total. The lowest BCUT2D eigenvalue weighted by molar-refractivity contribution is 0.322. The molecule has 0 aromatic heterocycles. The van der Waals surface area contributed by atoms with Crippen LogP contribution in [-0.4, -0.2) is 34.3 Å². The molecular formula is C11H15NO4. The van der Waals surface area contributed by atoms with Crippen LogP contribution in [0.5, 0.6) is 17.2 Å². The van der Waals surface area contributed by atoms with Crippen molar-refractivity contribution in [1.82, 2.24) is 0 Å². The lowest BCUT2D eigenvalue weighted by Crippen LogP contribution is -2.06. The van der Waals surface area contributed by atoms with Gasteiger partial charge in [0, 0.05) is 0 Å². The standard InChI is InChI=1S/C11H15NO4/c1-13-8-6-5-7(11(12)16-4)9(14-2)10(8)15-3/h5-6,12H,1-4H3. The Kier molecular flexibility index (Phi) is 3.99. The number of methoxy groups -OCH3 is 4. The zero-order valence-corrected chi connectivity index (χ0v) is 9.79. The van der Waals surface area contributed by atoms with E-state index in [-0.39, 0.29) is 5.90 Å². The predicted octanol–water partition coefficient (Wildman–Crippen LogP) is 1.68. The first-order valence-electron chi connectivity index (χ1n) is 4.61. The first kappa shape index (κ1) is 12.2. The molecule has 5 nitrogen and oxygen atoms in total. The second-order valence-electron chi connectivity index (χ2n) is 2.92. The molecule has 0 amide bonds. The van der Waals surface area contributed by atoms with Gasteiger partial charge in [0.25, 0.3) is 0 Å². The van der Waals surface area contributed by atoms with Crippen molar-refractivity contribution < 1.29 is 18.9 Å². The maximum Gasteiger partial charge on any atom is 0.216 e. The van der Waals surface area contributed by atoms with Gasteiger partial charge in [-0.1, -0.05) is 0 Å². The van der Waals surface area contributed by atoms with Gasteiger partial charge in [-0.25, -0.2) is 0 Å². The van der Waals surface area contributed by atoms with Crippen molar-refractivity contribution in [2.24, 2.45) is 0 Å². The Bertz CT molecular complexity index is 390. The van der Waals surface area contributed by atoms with Gasteiger partial charge in [-0.3, -0.25) is 5.41 Å². The normalized spacial score (nSPS) is 9.50. The summed E-state index contributed by atoms with van der Waals surface area (Å²) in [5, 5.41) is 7.62. The van der Waals surface area contributed by atoms with Crippen LogP contribution in [0, 0.1) is 5.41 Å². The summed E-state index contributed by atoms with van der Waals surface area (Å²) in [5.74, 6) is 1.43. The predicted molar refractivity (Wildman–Crippen MR) is 59.9 cm³/mol. The van der Waals surface area contributed by atoms with Gasteiger partial charge in [0.2, 0.25) is 11.6 Å². The molecule has 0 aliphatic carbocycles. The third-order valence-corrected chi connectivity index (χ3v) is 2.15. The average Bonchev–Trinajstić information content (AvgIpc) is 2.35. The fraction of sp³-hybridized carbons (Fsp3) is 0.364. The molecule has 1 rings (SSSR count). The lowest BCUT2D eigenvalue weighted by Gasteiger charge is -2.15. The minimum absolute atomic E-state index is 0.0119. The molecule has 0 radical (unpaired) electrons. The van der Waals surface area contributed by atoms with Gasteiger partial charge in [0.15, 0.2) is 11.5 Å². The summed E-state index contributed by atoms with van der Waals surface area (Å²) in [7, 11) is 5.99. The molecule has 88 valence electrons. The Morgan fingerprint density at radius 3 is 2.00 bits per heavy atom. The van der Waals surface area contributed by atoms with Crippen LogP contribution in [0.4, 0.5) is 0 Å². The zero-order chi connectivity index (χ0) is 12.1. The molecule has 0 aliphatic heterocycles. The number of rotatable bonds is 4. The number of hydrogen-bond acceptors (Lipinski definition) is 5. The third kappa shape index (κ3) is 2.03. The highest BCUT2D eigenvalue weighted by Crippen LogP contribution is 2.39. The Labute approximate surface area is 94.4 Å². The van der Waals surface area contributed by atoms with Crippen LogP contribution in [0.3, 0.4) is 0 Å². The summed E-state index contributed by atoms with van der Waals surface area (Å²) >= 11 is 0. The van der Waals surface area contributed by atoms with Crippen LogP contribution in [0.1, 0.15) is 5.56 Å². The molecule has 0 fully saturated rings. The first-order chi connectivity index (χ1) is 7.69. The number of nitrogens with one attached hydrogen (secondary N) is 1. The molecule has 0 aliphatic rings. The van der Waals surface area contributed by atoms with Gasteiger partial charge in [-0.15, -0.1) is 0 Å². The number of benzene rings is 1. The third-order valence-electron chi connectivity index (χ3n) is 2.15. The van der Waals surface area contributed by atoms with Crippen molar-refractivity contribution in [2.75, 3.05) is 28.4 Å². The monoisotopic (exact) mass is 225 g/mol. The van der Waals surface area contributed by atoms with Gasteiger partial charge in [0.05, 0.1) is 34.0 Å². The zero-order valence-electron chi connectivity index (χ0n) is 9.79. The first-order valence-corrected chi connectivity index (χ1v) is 4.61. The van der Waals surface area contributed by atoms with E-state index in [1.54, 1.807) is 19.2 Å². The van der Waals surface area contributed by atoms with E-state index in [0.29, 0.717) is 22.8 Å². The molecule has 0 spiro atoms. The highest BCUT2D eigenvalue weighted by Gasteiger charge is 2.18. The molecule has 0 unspecified atom stereocenters. The van der Waals surface area contributed by atoms with Crippen molar-refractivity contribution in [2.45, 2.75) is 0 Å². The van der Waals surface area contributed by atoms with Crippen molar-refractivity contribution in [3.63, 3.8) is 0 Å². The van der Waals surface area contributed by atoms with Crippen LogP contribution >= 0.6 is 0 Å². The number of ether oxygens (including phenoxy) is 4. The Morgan fingerprint density at radius 1 is 0.938 bits per heavy atom. The molecule has 16 heavy (non-hydrogen) atoms. The lowest BCUT2D eigenvalue weighted by atomic mass is 10.1. The maximum atomic E-state index is 7.62. The fourth-order valence-electron chi connectivity index (χ4n) is 1.39. The quantitative estimate of drug-likeness (QED) is 0.625. The molecule has 1 aromatic rings. The summed E-state index contributed by atoms with van der Waals surface area (Å²) in [4.78, 5) is 0. The molecule has 0 saturated carbocycles. The van der Waals surface area contributed by atoms with Gasteiger partial charge in [0.1, 0.15) is 0 Å². The maximum absolute atomic E-state index is 7.62. The summed E-state index contributed by atoms with van der Waals surface area (Å²) in [6.45, 7) is 0. The van der Waals surface area contributed by atoms with Crippen molar-refractivity contribution in [3.8, 4) is 17.2 Å². The topological polar surface area (TPSA) is 60.8 Å². The molecule has 0 heterocycles. The molecule has 5 heteroatoms. The minimum atomic E-state index is 0.0119. The van der Waals surface area contributed by atoms with E-state index in [9.17, 15) is 0 Å². The van der Waals surface area contributed by atoms with Gasteiger partial charge in [-0.05, 0) is 12.1 Å². The van der Waals surface area contributed by atoms with Crippen molar-refractivity contribution in [3.05, 3.63) is 17.7 Å². The molecule has 0 bridgehead atoms.